The Morgan fingerprint density at radius 2 is 1.96 bits per heavy atom. The van der Waals surface area contributed by atoms with Crippen molar-refractivity contribution in [3.8, 4) is 17.2 Å². The third-order valence-corrected chi connectivity index (χ3v) is 5.60. The van der Waals surface area contributed by atoms with Gasteiger partial charge < -0.3 is 14.9 Å². The van der Waals surface area contributed by atoms with Crippen molar-refractivity contribution in [1.82, 2.24) is 4.98 Å². The lowest BCUT2D eigenvalue weighted by molar-refractivity contribution is 0.373. The van der Waals surface area contributed by atoms with Crippen molar-refractivity contribution in [3.05, 3.63) is 46.3 Å². The Bertz CT molecular complexity index is 1080. The van der Waals surface area contributed by atoms with Gasteiger partial charge in [-0.15, -0.1) is 22.7 Å². The normalized spacial score (nSPS) is 11.7. The van der Waals surface area contributed by atoms with E-state index in [1.54, 1.807) is 29.5 Å². The number of phenols is 2. The average molecular weight is 355 g/mol. The van der Waals surface area contributed by atoms with Gasteiger partial charge in [-0.2, -0.15) is 0 Å². The number of thiophene rings is 1. The smallest absolute Gasteiger partial charge is 0.161 e. The summed E-state index contributed by atoms with van der Waals surface area (Å²) in [6, 6.07) is 8.85. The van der Waals surface area contributed by atoms with E-state index in [1.165, 1.54) is 18.4 Å². The second-order valence-corrected chi connectivity index (χ2v) is 7.20. The molecular weight excluding hydrogens is 342 g/mol. The van der Waals surface area contributed by atoms with Gasteiger partial charge in [0.15, 0.2) is 11.5 Å². The van der Waals surface area contributed by atoms with Crippen LogP contribution in [0.1, 0.15) is 10.6 Å². The number of benzene rings is 2. The maximum absolute atomic E-state index is 10.1. The predicted molar refractivity (Wildman–Crippen MR) is 100 cm³/mol. The summed E-state index contributed by atoms with van der Waals surface area (Å²) < 4.78 is 7.08. The summed E-state index contributed by atoms with van der Waals surface area (Å²) in [7, 11) is 1.52. The van der Waals surface area contributed by atoms with Crippen molar-refractivity contribution in [1.29, 1.82) is 0 Å². The lowest BCUT2D eigenvalue weighted by Gasteiger charge is -2.03. The first-order valence-corrected chi connectivity index (χ1v) is 8.90. The molecule has 6 heteroatoms. The minimum Gasteiger partial charge on any atom is -0.507 e. The predicted octanol–water partition coefficient (Wildman–Crippen LogP) is 5.10. The summed E-state index contributed by atoms with van der Waals surface area (Å²) in [6.07, 6.45) is 3.85. The number of aromatic hydroxyl groups is 2. The molecule has 4 aromatic rings. The van der Waals surface area contributed by atoms with Crippen LogP contribution < -0.4 is 4.74 Å². The van der Waals surface area contributed by atoms with Gasteiger partial charge in [-0.1, -0.05) is 12.1 Å². The molecule has 0 aliphatic carbocycles. The van der Waals surface area contributed by atoms with Crippen LogP contribution in [-0.2, 0) is 0 Å². The molecule has 0 radical (unpaired) electrons. The summed E-state index contributed by atoms with van der Waals surface area (Å²) in [6.45, 7) is 0. The quantitative estimate of drug-likeness (QED) is 0.537. The Kier molecular flexibility index (Phi) is 3.63. The molecule has 2 aromatic carbocycles. The topological polar surface area (TPSA) is 62.6 Å². The Morgan fingerprint density at radius 1 is 1.08 bits per heavy atom. The number of ether oxygens (including phenoxy) is 1. The molecule has 0 atom stereocenters. The van der Waals surface area contributed by atoms with Crippen molar-refractivity contribution in [2.45, 2.75) is 0 Å². The zero-order valence-corrected chi connectivity index (χ0v) is 14.3. The molecule has 0 unspecified atom stereocenters. The van der Waals surface area contributed by atoms with E-state index in [0.717, 1.165) is 30.9 Å². The fraction of sp³-hybridized carbons (Fsp3) is 0.0556. The molecule has 4 nitrogen and oxygen atoms in total. The molecular formula is C18H13NO3S2. The van der Waals surface area contributed by atoms with Gasteiger partial charge in [-0.05, 0) is 35.2 Å². The first kappa shape index (κ1) is 15.0. The lowest BCUT2D eigenvalue weighted by atomic mass is 10.2. The van der Waals surface area contributed by atoms with Gasteiger partial charge >= 0.3 is 0 Å². The van der Waals surface area contributed by atoms with Crippen LogP contribution in [0.3, 0.4) is 0 Å². The van der Waals surface area contributed by atoms with Gasteiger partial charge in [0.2, 0.25) is 0 Å². The third-order valence-electron chi connectivity index (χ3n) is 3.72. The van der Waals surface area contributed by atoms with Crippen LogP contribution in [0.4, 0.5) is 0 Å². The second-order valence-electron chi connectivity index (χ2n) is 5.22. The monoisotopic (exact) mass is 355 g/mol. The van der Waals surface area contributed by atoms with Crippen LogP contribution in [0.15, 0.2) is 35.7 Å². The maximum Gasteiger partial charge on any atom is 0.161 e. The minimum atomic E-state index is 0.116. The molecule has 0 aliphatic rings. The third kappa shape index (κ3) is 2.50. The molecule has 24 heavy (non-hydrogen) atoms. The number of phenolic OH excluding ortho intramolecular Hbond substituents is 2. The molecule has 2 heterocycles. The van der Waals surface area contributed by atoms with Gasteiger partial charge in [0.1, 0.15) is 10.8 Å². The highest BCUT2D eigenvalue weighted by atomic mass is 32.1. The molecule has 4 rings (SSSR count). The molecule has 0 bridgehead atoms. The van der Waals surface area contributed by atoms with E-state index in [9.17, 15) is 10.2 Å². The summed E-state index contributed by atoms with van der Waals surface area (Å²) >= 11 is 3.11. The van der Waals surface area contributed by atoms with Crippen molar-refractivity contribution in [2.75, 3.05) is 7.11 Å². The van der Waals surface area contributed by atoms with E-state index < -0.39 is 0 Å². The Labute approximate surface area is 145 Å². The number of thiazole rings is 1. The highest BCUT2D eigenvalue weighted by Gasteiger charge is 2.11. The van der Waals surface area contributed by atoms with Crippen molar-refractivity contribution in [2.24, 2.45) is 0 Å². The molecule has 0 saturated heterocycles. The van der Waals surface area contributed by atoms with E-state index in [4.69, 9.17) is 4.74 Å². The zero-order valence-electron chi connectivity index (χ0n) is 12.7. The molecule has 120 valence electrons. The number of aromatic nitrogens is 1. The summed E-state index contributed by atoms with van der Waals surface area (Å²) in [4.78, 5) is 4.68. The van der Waals surface area contributed by atoms with E-state index in [2.05, 4.69) is 4.98 Å². The second kappa shape index (κ2) is 5.81. The molecule has 0 amide bonds. The van der Waals surface area contributed by atoms with E-state index >= 15 is 0 Å². The van der Waals surface area contributed by atoms with E-state index in [0.29, 0.717) is 11.5 Å². The lowest BCUT2D eigenvalue weighted by Crippen LogP contribution is -1.84. The van der Waals surface area contributed by atoms with Gasteiger partial charge in [-0.3, -0.25) is 0 Å². The van der Waals surface area contributed by atoms with Gasteiger partial charge in [0, 0.05) is 11.5 Å². The van der Waals surface area contributed by atoms with Crippen LogP contribution in [0.25, 0.3) is 32.5 Å². The van der Waals surface area contributed by atoms with Crippen LogP contribution in [0.2, 0.25) is 0 Å². The number of rotatable bonds is 3. The minimum absolute atomic E-state index is 0.116. The number of nitrogens with zero attached hydrogens (tertiary/aromatic N) is 1. The van der Waals surface area contributed by atoms with Crippen LogP contribution >= 0.6 is 22.7 Å². The van der Waals surface area contributed by atoms with Crippen LogP contribution in [0.5, 0.6) is 17.2 Å². The largest absolute Gasteiger partial charge is 0.507 e. The number of fused-ring (bicyclic) bond motifs is 3. The highest BCUT2D eigenvalue weighted by Crippen LogP contribution is 2.38. The zero-order chi connectivity index (χ0) is 16.7. The van der Waals surface area contributed by atoms with Gasteiger partial charge in [0.25, 0.3) is 0 Å². The maximum atomic E-state index is 10.1. The van der Waals surface area contributed by atoms with Crippen LogP contribution in [-0.4, -0.2) is 22.3 Å². The molecule has 0 saturated carbocycles. The fourth-order valence-corrected chi connectivity index (χ4v) is 4.43. The van der Waals surface area contributed by atoms with Gasteiger partial charge in [0.05, 0.1) is 22.0 Å². The number of hydrogen-bond acceptors (Lipinski definition) is 6. The van der Waals surface area contributed by atoms with E-state index in [1.807, 2.05) is 29.7 Å². The molecule has 0 spiro atoms. The van der Waals surface area contributed by atoms with Crippen LogP contribution in [0, 0.1) is 0 Å². The summed E-state index contributed by atoms with van der Waals surface area (Å²) in [5, 5.41) is 23.4. The fourth-order valence-electron chi connectivity index (χ4n) is 2.54. The van der Waals surface area contributed by atoms with Crippen molar-refractivity contribution >= 4 is 55.1 Å². The Morgan fingerprint density at radius 3 is 2.79 bits per heavy atom. The molecule has 2 N–H and O–H groups in total. The molecule has 0 fully saturated rings. The summed E-state index contributed by atoms with van der Waals surface area (Å²) in [5.74, 6) is 0.845. The van der Waals surface area contributed by atoms with Gasteiger partial charge in [-0.25, -0.2) is 4.98 Å². The molecule has 2 aromatic heterocycles. The number of methoxy groups -OCH3 is 1. The van der Waals surface area contributed by atoms with Crippen molar-refractivity contribution in [3.63, 3.8) is 0 Å². The SMILES string of the molecule is COc1cc(/C=C/c2nc3c(cc(O)c4ccsc43)s2)ccc1O. The Balaban J connectivity index is 1.74. The average Bonchev–Trinajstić information content (AvgIpc) is 3.20. The number of hydrogen-bond donors (Lipinski definition) is 2. The standard InChI is InChI=1S/C18H13NO3S2/c1-22-14-8-10(2-4-12(14)20)3-5-16-19-17-15(24-16)9-13(21)11-6-7-23-18(11)17/h2-9,20-21H,1H3/b5-3+. The summed E-state index contributed by atoms with van der Waals surface area (Å²) in [5.41, 5.74) is 1.83. The van der Waals surface area contributed by atoms with E-state index in [-0.39, 0.29) is 5.75 Å². The Hall–Kier alpha value is -2.57. The van der Waals surface area contributed by atoms with Crippen molar-refractivity contribution < 1.29 is 14.9 Å². The highest BCUT2D eigenvalue weighted by molar-refractivity contribution is 7.22. The first-order chi connectivity index (χ1) is 11.7. The molecule has 0 aliphatic heterocycles. The first-order valence-electron chi connectivity index (χ1n) is 7.20.